The van der Waals surface area contributed by atoms with E-state index < -0.39 is 0 Å². The number of rotatable bonds is 8. The molecule has 5 nitrogen and oxygen atoms in total. The maximum absolute atomic E-state index is 11.0. The summed E-state index contributed by atoms with van der Waals surface area (Å²) in [5.74, 6) is 2.13. The van der Waals surface area contributed by atoms with Gasteiger partial charge in [-0.05, 0) is 25.2 Å². The first-order chi connectivity index (χ1) is 13.0. The number of nitro groups is 1. The van der Waals surface area contributed by atoms with Gasteiger partial charge in [-0.1, -0.05) is 36.4 Å². The molecule has 0 atom stereocenters. The summed E-state index contributed by atoms with van der Waals surface area (Å²) in [7, 11) is 4.18. The number of aromatic nitrogens is 1. The van der Waals surface area contributed by atoms with Crippen LogP contribution >= 0.6 is 23.1 Å². The molecule has 0 bridgehead atoms. The number of hydrogen-bond donors (Lipinski definition) is 0. The molecular formula is C20H21N3O2S2. The van der Waals surface area contributed by atoms with Crippen LogP contribution in [0.1, 0.15) is 5.56 Å². The zero-order valence-electron chi connectivity index (χ0n) is 15.3. The summed E-state index contributed by atoms with van der Waals surface area (Å²) in [6.07, 6.45) is 1.83. The summed E-state index contributed by atoms with van der Waals surface area (Å²) >= 11 is 3.48. The van der Waals surface area contributed by atoms with Gasteiger partial charge in [-0.2, -0.15) is 11.8 Å². The zero-order chi connectivity index (χ0) is 19.2. The predicted molar refractivity (Wildman–Crippen MR) is 114 cm³/mol. The molecule has 0 spiro atoms. The van der Waals surface area contributed by atoms with Crippen LogP contribution in [0, 0.1) is 10.1 Å². The average molecular weight is 400 g/mol. The minimum Gasteiger partial charge on any atom is -0.309 e. The molecule has 0 saturated heterocycles. The van der Waals surface area contributed by atoms with Crippen LogP contribution in [0.5, 0.6) is 0 Å². The van der Waals surface area contributed by atoms with Crippen LogP contribution in [0.4, 0.5) is 5.69 Å². The molecule has 7 heteroatoms. The molecule has 0 fully saturated rings. The highest BCUT2D eigenvalue weighted by atomic mass is 32.2. The third-order valence-electron chi connectivity index (χ3n) is 4.00. The van der Waals surface area contributed by atoms with Gasteiger partial charge in [-0.3, -0.25) is 10.1 Å². The lowest BCUT2D eigenvalue weighted by molar-refractivity contribution is -0.384. The Labute approximate surface area is 167 Å². The quantitative estimate of drug-likeness (QED) is 0.297. The fraction of sp³-hybridized carbons (Fsp3) is 0.250. The first kappa shape index (κ1) is 19.5. The van der Waals surface area contributed by atoms with Crippen LogP contribution in [0.25, 0.3) is 21.0 Å². The Bertz CT molecular complexity index is 908. The third kappa shape index (κ3) is 5.38. The molecule has 140 valence electrons. The van der Waals surface area contributed by atoms with Gasteiger partial charge in [0.1, 0.15) is 5.01 Å². The molecule has 0 aliphatic heterocycles. The second-order valence-electron chi connectivity index (χ2n) is 6.39. The molecule has 0 saturated carbocycles. The first-order valence-electron chi connectivity index (χ1n) is 8.55. The molecule has 0 amide bonds. The molecule has 3 rings (SSSR count). The number of thiazole rings is 1. The lowest BCUT2D eigenvalue weighted by atomic mass is 10.1. The van der Waals surface area contributed by atoms with E-state index >= 15 is 0 Å². The van der Waals surface area contributed by atoms with Gasteiger partial charge >= 0.3 is 0 Å². The molecule has 1 aromatic heterocycles. The Morgan fingerprint density at radius 1 is 1.15 bits per heavy atom. The number of non-ortho nitro benzene ring substituents is 1. The standard InChI is InChI=1S/C20H21N3O2S2/c1-22(2)10-11-26-14-15-6-8-16(9-7-15)19-13-21-20(27-19)17-4-3-5-18(12-17)23(24)25/h3-9,12-13H,10-11,14H2,1-2H3. The van der Waals surface area contributed by atoms with E-state index in [9.17, 15) is 10.1 Å². The van der Waals surface area contributed by atoms with Crippen molar-refractivity contribution >= 4 is 28.8 Å². The zero-order valence-corrected chi connectivity index (χ0v) is 16.9. The van der Waals surface area contributed by atoms with E-state index in [1.807, 2.05) is 24.0 Å². The van der Waals surface area contributed by atoms with Gasteiger partial charge in [-0.25, -0.2) is 4.98 Å². The molecule has 0 aliphatic carbocycles. The first-order valence-corrected chi connectivity index (χ1v) is 10.5. The molecule has 27 heavy (non-hydrogen) atoms. The van der Waals surface area contributed by atoms with Crippen LogP contribution in [0.3, 0.4) is 0 Å². The maximum Gasteiger partial charge on any atom is 0.270 e. The van der Waals surface area contributed by atoms with E-state index in [0.29, 0.717) is 0 Å². The van der Waals surface area contributed by atoms with Crippen molar-refractivity contribution in [2.24, 2.45) is 0 Å². The molecule has 0 aliphatic rings. The lowest BCUT2D eigenvalue weighted by Gasteiger charge is -2.08. The van der Waals surface area contributed by atoms with Gasteiger partial charge in [0.15, 0.2) is 0 Å². The summed E-state index contributed by atoms with van der Waals surface area (Å²) < 4.78 is 0. The van der Waals surface area contributed by atoms with Gasteiger partial charge in [0, 0.05) is 41.9 Å². The summed E-state index contributed by atoms with van der Waals surface area (Å²) in [6, 6.07) is 15.2. The van der Waals surface area contributed by atoms with Gasteiger partial charge in [0.25, 0.3) is 5.69 Å². The molecular weight excluding hydrogens is 378 g/mol. The highest BCUT2D eigenvalue weighted by Gasteiger charge is 2.11. The van der Waals surface area contributed by atoms with Crippen molar-refractivity contribution in [2.45, 2.75) is 5.75 Å². The predicted octanol–water partition coefficient (Wildman–Crippen LogP) is 5.18. The number of hydrogen-bond acceptors (Lipinski definition) is 6. The van der Waals surface area contributed by atoms with Gasteiger partial charge in [0.05, 0.1) is 9.80 Å². The van der Waals surface area contributed by atoms with E-state index in [4.69, 9.17) is 0 Å². The van der Waals surface area contributed by atoms with E-state index in [2.05, 4.69) is 48.2 Å². The molecule has 2 aromatic carbocycles. The van der Waals surface area contributed by atoms with Gasteiger partial charge in [-0.15, -0.1) is 11.3 Å². The van der Waals surface area contributed by atoms with Crippen molar-refractivity contribution in [3.05, 3.63) is 70.4 Å². The van der Waals surface area contributed by atoms with Crippen LogP contribution in [0.2, 0.25) is 0 Å². The second kappa shape index (κ2) is 9.12. The monoisotopic (exact) mass is 399 g/mol. The van der Waals surface area contributed by atoms with Crippen LogP contribution in [-0.2, 0) is 5.75 Å². The smallest absolute Gasteiger partial charge is 0.270 e. The topological polar surface area (TPSA) is 59.3 Å². The van der Waals surface area contributed by atoms with Gasteiger partial charge < -0.3 is 4.90 Å². The van der Waals surface area contributed by atoms with E-state index in [1.165, 1.54) is 11.6 Å². The fourth-order valence-electron chi connectivity index (χ4n) is 2.50. The maximum atomic E-state index is 11.0. The Morgan fingerprint density at radius 2 is 1.93 bits per heavy atom. The number of benzene rings is 2. The van der Waals surface area contributed by atoms with Crippen LogP contribution in [-0.4, -0.2) is 41.2 Å². The van der Waals surface area contributed by atoms with Gasteiger partial charge in [0.2, 0.25) is 0 Å². The van der Waals surface area contributed by atoms with Crippen molar-refractivity contribution < 1.29 is 4.92 Å². The summed E-state index contributed by atoms with van der Waals surface area (Å²) in [4.78, 5) is 18.3. The highest BCUT2D eigenvalue weighted by Crippen LogP contribution is 2.33. The molecule has 0 unspecified atom stereocenters. The Hall–Kier alpha value is -2.22. The van der Waals surface area contributed by atoms with Crippen LogP contribution in [0.15, 0.2) is 54.7 Å². The summed E-state index contributed by atoms with van der Waals surface area (Å²) in [5, 5.41) is 11.7. The average Bonchev–Trinajstić information content (AvgIpc) is 3.16. The summed E-state index contributed by atoms with van der Waals surface area (Å²) in [5.41, 5.74) is 3.28. The van der Waals surface area contributed by atoms with E-state index in [-0.39, 0.29) is 10.6 Å². The molecule has 3 aromatic rings. The van der Waals surface area contributed by atoms with Crippen LogP contribution < -0.4 is 0 Å². The molecule has 0 N–H and O–H groups in total. The van der Waals surface area contributed by atoms with Crippen molar-refractivity contribution in [3.8, 4) is 21.0 Å². The largest absolute Gasteiger partial charge is 0.309 e. The molecule has 0 radical (unpaired) electrons. The van der Waals surface area contributed by atoms with Crippen molar-refractivity contribution in [1.82, 2.24) is 9.88 Å². The minimum absolute atomic E-state index is 0.0837. The second-order valence-corrected chi connectivity index (χ2v) is 8.53. The number of nitrogens with zero attached hydrogens (tertiary/aromatic N) is 3. The highest BCUT2D eigenvalue weighted by molar-refractivity contribution is 7.98. The SMILES string of the molecule is CN(C)CCSCc1ccc(-c2cnc(-c3cccc([N+](=O)[O-])c3)s2)cc1. The normalized spacial score (nSPS) is 11.1. The van der Waals surface area contributed by atoms with E-state index in [0.717, 1.165) is 39.1 Å². The van der Waals surface area contributed by atoms with Crippen molar-refractivity contribution in [3.63, 3.8) is 0 Å². The molecule has 1 heterocycles. The Balaban J connectivity index is 1.67. The third-order valence-corrected chi connectivity index (χ3v) is 6.10. The summed E-state index contributed by atoms with van der Waals surface area (Å²) in [6.45, 7) is 1.09. The Morgan fingerprint density at radius 3 is 2.63 bits per heavy atom. The Kier molecular flexibility index (Phi) is 6.60. The number of thioether (sulfide) groups is 1. The number of nitro benzene ring substituents is 1. The lowest BCUT2D eigenvalue weighted by Crippen LogP contribution is -2.14. The minimum atomic E-state index is -0.382. The van der Waals surface area contributed by atoms with Crippen molar-refractivity contribution in [1.29, 1.82) is 0 Å². The van der Waals surface area contributed by atoms with Crippen molar-refractivity contribution in [2.75, 3.05) is 26.4 Å². The van der Waals surface area contributed by atoms with E-state index in [1.54, 1.807) is 23.5 Å². The fourth-order valence-corrected chi connectivity index (χ4v) is 4.48.